The van der Waals surface area contributed by atoms with E-state index < -0.39 is 5.97 Å². The van der Waals surface area contributed by atoms with Crippen LogP contribution in [0.15, 0.2) is 28.7 Å². The highest BCUT2D eigenvalue weighted by molar-refractivity contribution is 9.10. The first-order valence-electron chi connectivity index (χ1n) is 6.94. The van der Waals surface area contributed by atoms with Crippen LogP contribution < -0.4 is 14.2 Å². The topological polar surface area (TPSA) is 85.2 Å². The van der Waals surface area contributed by atoms with E-state index >= 15 is 0 Å². The number of carboxylic acid groups (broad SMARTS) is 1. The number of aliphatic hydroxyl groups excluding tert-OH is 1. The Kier molecular flexibility index (Phi) is 5.69. The van der Waals surface area contributed by atoms with Gasteiger partial charge in [-0.05, 0) is 39.7 Å². The molecule has 0 spiro atoms. The number of carbonyl (C=O) groups is 1. The Balaban J connectivity index is 2.96. The molecule has 0 fully saturated rings. The van der Waals surface area contributed by atoms with Gasteiger partial charge >= 0.3 is 5.97 Å². The summed E-state index contributed by atoms with van der Waals surface area (Å²) in [5.41, 5.74) is 1.26. The SMILES string of the molecule is COc1cc(CO)c(-c2c(OC)cccc2C(=O)O)c(OC)c1Br. The molecule has 0 aliphatic heterocycles. The van der Waals surface area contributed by atoms with Gasteiger partial charge in [-0.15, -0.1) is 0 Å². The van der Waals surface area contributed by atoms with Gasteiger partial charge < -0.3 is 24.4 Å². The fourth-order valence-electron chi connectivity index (χ4n) is 2.54. The Bertz CT molecular complexity index is 772. The molecular weight excluding hydrogens is 380 g/mol. The lowest BCUT2D eigenvalue weighted by molar-refractivity contribution is 0.0697. The van der Waals surface area contributed by atoms with Gasteiger partial charge in [-0.1, -0.05) is 6.07 Å². The molecule has 6 nitrogen and oxygen atoms in total. The van der Waals surface area contributed by atoms with Crippen molar-refractivity contribution in [2.45, 2.75) is 6.61 Å². The maximum absolute atomic E-state index is 11.7. The van der Waals surface area contributed by atoms with E-state index in [2.05, 4.69) is 15.9 Å². The lowest BCUT2D eigenvalue weighted by Gasteiger charge is -2.20. The van der Waals surface area contributed by atoms with E-state index in [-0.39, 0.29) is 12.2 Å². The summed E-state index contributed by atoms with van der Waals surface area (Å²) >= 11 is 3.40. The molecule has 0 heterocycles. The number of methoxy groups -OCH3 is 3. The first-order chi connectivity index (χ1) is 11.5. The number of aromatic carboxylic acids is 1. The monoisotopic (exact) mass is 396 g/mol. The lowest BCUT2D eigenvalue weighted by Crippen LogP contribution is -2.05. The second kappa shape index (κ2) is 7.55. The predicted octanol–water partition coefficient (Wildman–Crippen LogP) is 3.33. The Morgan fingerprint density at radius 3 is 2.25 bits per heavy atom. The Hall–Kier alpha value is -2.25. The van der Waals surface area contributed by atoms with E-state index in [9.17, 15) is 15.0 Å². The number of ether oxygens (including phenoxy) is 3. The summed E-state index contributed by atoms with van der Waals surface area (Å²) in [7, 11) is 4.40. The summed E-state index contributed by atoms with van der Waals surface area (Å²) in [6.07, 6.45) is 0. The summed E-state index contributed by atoms with van der Waals surface area (Å²) in [6.45, 7) is -0.327. The number of carboxylic acids is 1. The predicted molar refractivity (Wildman–Crippen MR) is 92.1 cm³/mol. The third kappa shape index (κ3) is 3.05. The van der Waals surface area contributed by atoms with Crippen LogP contribution in [0.1, 0.15) is 15.9 Å². The Morgan fingerprint density at radius 1 is 1.08 bits per heavy atom. The van der Waals surface area contributed by atoms with Crippen LogP contribution in [0.5, 0.6) is 17.2 Å². The first-order valence-corrected chi connectivity index (χ1v) is 7.74. The minimum absolute atomic E-state index is 0.0411. The van der Waals surface area contributed by atoms with Gasteiger partial charge in [0.1, 0.15) is 21.7 Å². The maximum atomic E-state index is 11.7. The molecule has 0 bridgehead atoms. The van der Waals surface area contributed by atoms with Crippen molar-refractivity contribution in [3.05, 3.63) is 39.9 Å². The van der Waals surface area contributed by atoms with Gasteiger partial charge in [0, 0.05) is 11.1 Å². The van der Waals surface area contributed by atoms with Crippen LogP contribution in [0.25, 0.3) is 11.1 Å². The van der Waals surface area contributed by atoms with Crippen molar-refractivity contribution in [2.24, 2.45) is 0 Å². The quantitative estimate of drug-likeness (QED) is 0.778. The first kappa shape index (κ1) is 18.1. The van der Waals surface area contributed by atoms with E-state index in [0.717, 1.165) is 0 Å². The van der Waals surface area contributed by atoms with E-state index in [1.807, 2.05) is 0 Å². The van der Waals surface area contributed by atoms with Gasteiger partial charge in [-0.25, -0.2) is 4.79 Å². The molecule has 2 rings (SSSR count). The van der Waals surface area contributed by atoms with Crippen molar-refractivity contribution in [1.29, 1.82) is 0 Å². The van der Waals surface area contributed by atoms with E-state index in [4.69, 9.17) is 14.2 Å². The summed E-state index contributed by atoms with van der Waals surface area (Å²) in [5, 5.41) is 19.3. The molecule has 2 aromatic carbocycles. The van der Waals surface area contributed by atoms with Crippen LogP contribution in [0, 0.1) is 0 Å². The lowest BCUT2D eigenvalue weighted by atomic mass is 9.93. The van der Waals surface area contributed by atoms with Crippen LogP contribution in [0.2, 0.25) is 0 Å². The average molecular weight is 397 g/mol. The second-order valence-electron chi connectivity index (χ2n) is 4.81. The molecule has 7 heteroatoms. The number of hydrogen-bond acceptors (Lipinski definition) is 5. The largest absolute Gasteiger partial charge is 0.496 e. The van der Waals surface area contributed by atoms with Gasteiger partial charge in [0.15, 0.2) is 0 Å². The number of aliphatic hydroxyl groups is 1. The zero-order valence-electron chi connectivity index (χ0n) is 13.4. The third-order valence-electron chi connectivity index (χ3n) is 3.59. The fraction of sp³-hybridized carbons (Fsp3) is 0.235. The molecule has 0 saturated carbocycles. The smallest absolute Gasteiger partial charge is 0.336 e. The number of halogens is 1. The van der Waals surface area contributed by atoms with Crippen LogP contribution in [0.3, 0.4) is 0 Å². The molecule has 0 aliphatic carbocycles. The molecule has 24 heavy (non-hydrogen) atoms. The second-order valence-corrected chi connectivity index (χ2v) is 5.60. The highest BCUT2D eigenvalue weighted by Crippen LogP contribution is 2.48. The summed E-state index contributed by atoms with van der Waals surface area (Å²) < 4.78 is 16.6. The third-order valence-corrected chi connectivity index (χ3v) is 4.34. The van der Waals surface area contributed by atoms with Crippen molar-refractivity contribution in [2.75, 3.05) is 21.3 Å². The number of hydrogen-bond donors (Lipinski definition) is 2. The van der Waals surface area contributed by atoms with Crippen molar-refractivity contribution in [3.63, 3.8) is 0 Å². The van der Waals surface area contributed by atoms with Crippen molar-refractivity contribution < 1.29 is 29.2 Å². The normalized spacial score (nSPS) is 10.4. The van der Waals surface area contributed by atoms with E-state index in [1.54, 1.807) is 18.2 Å². The summed E-state index contributed by atoms with van der Waals surface area (Å²) in [5.74, 6) is 0.0681. The fourth-order valence-corrected chi connectivity index (χ4v) is 3.17. The Labute approximate surface area is 147 Å². The van der Waals surface area contributed by atoms with Crippen LogP contribution in [0.4, 0.5) is 0 Å². The summed E-state index contributed by atoms with van der Waals surface area (Å²) in [6, 6.07) is 6.34. The van der Waals surface area contributed by atoms with Gasteiger partial charge in [-0.2, -0.15) is 0 Å². The minimum Gasteiger partial charge on any atom is -0.496 e. The summed E-state index contributed by atoms with van der Waals surface area (Å²) in [4.78, 5) is 11.7. The standard InChI is InChI=1S/C17H17BrO6/c1-22-11-6-4-5-10(17(20)21)14(11)13-9(8-19)7-12(23-2)15(18)16(13)24-3/h4-7,19H,8H2,1-3H3,(H,20,21). The molecule has 2 N–H and O–H groups in total. The molecule has 0 atom stereocenters. The molecule has 0 aliphatic rings. The molecule has 0 aromatic heterocycles. The van der Waals surface area contributed by atoms with Crippen molar-refractivity contribution in [1.82, 2.24) is 0 Å². The number of benzene rings is 2. The van der Waals surface area contributed by atoms with E-state index in [1.165, 1.54) is 27.4 Å². The average Bonchev–Trinajstić information content (AvgIpc) is 2.60. The minimum atomic E-state index is -1.11. The molecule has 2 aromatic rings. The van der Waals surface area contributed by atoms with Gasteiger partial charge in [-0.3, -0.25) is 0 Å². The van der Waals surface area contributed by atoms with Crippen LogP contribution in [-0.4, -0.2) is 37.5 Å². The zero-order chi connectivity index (χ0) is 17.9. The van der Waals surface area contributed by atoms with E-state index in [0.29, 0.717) is 38.4 Å². The maximum Gasteiger partial charge on any atom is 0.336 e. The van der Waals surface area contributed by atoms with Crippen molar-refractivity contribution >= 4 is 21.9 Å². The highest BCUT2D eigenvalue weighted by atomic mass is 79.9. The van der Waals surface area contributed by atoms with Crippen molar-refractivity contribution in [3.8, 4) is 28.4 Å². The highest BCUT2D eigenvalue weighted by Gasteiger charge is 2.25. The molecule has 0 saturated heterocycles. The molecule has 128 valence electrons. The molecular formula is C17H17BrO6. The zero-order valence-corrected chi connectivity index (χ0v) is 15.0. The van der Waals surface area contributed by atoms with Gasteiger partial charge in [0.05, 0.1) is 33.5 Å². The number of rotatable bonds is 6. The van der Waals surface area contributed by atoms with Gasteiger partial charge in [0.2, 0.25) is 0 Å². The van der Waals surface area contributed by atoms with Gasteiger partial charge in [0.25, 0.3) is 0 Å². The Morgan fingerprint density at radius 2 is 1.75 bits per heavy atom. The molecule has 0 unspecified atom stereocenters. The molecule has 0 amide bonds. The molecule has 0 radical (unpaired) electrons. The van der Waals surface area contributed by atoms with Crippen LogP contribution >= 0.6 is 15.9 Å². The van der Waals surface area contributed by atoms with Crippen LogP contribution in [-0.2, 0) is 6.61 Å².